The van der Waals surface area contributed by atoms with Gasteiger partial charge in [-0.05, 0) is 30.5 Å². The predicted octanol–water partition coefficient (Wildman–Crippen LogP) is 2.96. The van der Waals surface area contributed by atoms with Gasteiger partial charge < -0.3 is 19.6 Å². The van der Waals surface area contributed by atoms with Gasteiger partial charge in [-0.1, -0.05) is 18.0 Å². The molecule has 0 amide bonds. The zero-order valence-corrected chi connectivity index (χ0v) is 20.7. The molecule has 1 N–H and O–H groups in total. The lowest BCUT2D eigenvalue weighted by molar-refractivity contribution is 0.169. The van der Waals surface area contributed by atoms with Crippen LogP contribution in [0, 0.1) is 0 Å². The highest BCUT2D eigenvalue weighted by Crippen LogP contribution is 2.18. The molecule has 2 fully saturated rings. The van der Waals surface area contributed by atoms with Crippen LogP contribution in [0.5, 0.6) is 0 Å². The molecular formula is C22H34IN7O. The minimum atomic E-state index is 0. The van der Waals surface area contributed by atoms with Gasteiger partial charge in [-0.15, -0.1) is 24.0 Å². The molecule has 2 aromatic heterocycles. The van der Waals surface area contributed by atoms with Crippen LogP contribution in [0.2, 0.25) is 0 Å². The van der Waals surface area contributed by atoms with Crippen LogP contribution in [0.1, 0.15) is 36.9 Å². The Morgan fingerprint density at radius 3 is 2.52 bits per heavy atom. The second-order valence-corrected chi connectivity index (χ2v) is 8.08. The van der Waals surface area contributed by atoms with Crippen LogP contribution in [0.25, 0.3) is 0 Å². The van der Waals surface area contributed by atoms with E-state index in [9.17, 15) is 0 Å². The number of aromatic nitrogens is 2. The number of piperazine rings is 1. The van der Waals surface area contributed by atoms with Crippen LogP contribution in [-0.4, -0.2) is 72.2 Å². The number of guanidine groups is 1. The molecule has 0 atom stereocenters. The third-order valence-electron chi connectivity index (χ3n) is 5.95. The number of nitrogens with zero attached hydrogens (tertiary/aromatic N) is 6. The molecule has 0 saturated carbocycles. The van der Waals surface area contributed by atoms with E-state index in [1.54, 1.807) is 6.26 Å². The highest BCUT2D eigenvalue weighted by atomic mass is 127. The van der Waals surface area contributed by atoms with Gasteiger partial charge in [-0.2, -0.15) is 0 Å². The Morgan fingerprint density at radius 2 is 1.84 bits per heavy atom. The van der Waals surface area contributed by atoms with Crippen molar-refractivity contribution in [3.05, 3.63) is 41.9 Å². The van der Waals surface area contributed by atoms with Crippen LogP contribution in [0.15, 0.2) is 40.2 Å². The minimum absolute atomic E-state index is 0. The Bertz CT molecular complexity index is 798. The molecule has 9 heteroatoms. The van der Waals surface area contributed by atoms with Gasteiger partial charge in [0.2, 0.25) is 0 Å². The van der Waals surface area contributed by atoms with Crippen molar-refractivity contribution in [2.75, 3.05) is 51.2 Å². The standard InChI is InChI=1S/C22H33N7O.HI/c1-23-22(29-13-11-27(12-14-29)18-20-7-15-30-26-20)25-17-19-6-8-24-21(16-19)28-9-4-2-3-5-10-28;/h6-8,15-16H,2-5,9-14,17-18H2,1H3,(H,23,25);1H. The quantitative estimate of drug-likeness (QED) is 0.356. The molecule has 31 heavy (non-hydrogen) atoms. The van der Waals surface area contributed by atoms with E-state index in [2.05, 4.69) is 47.3 Å². The summed E-state index contributed by atoms with van der Waals surface area (Å²) in [6.45, 7) is 7.71. The van der Waals surface area contributed by atoms with Gasteiger partial charge in [0.15, 0.2) is 5.96 Å². The van der Waals surface area contributed by atoms with Crippen LogP contribution >= 0.6 is 24.0 Å². The van der Waals surface area contributed by atoms with Gasteiger partial charge in [-0.3, -0.25) is 9.89 Å². The number of rotatable bonds is 5. The molecule has 0 spiro atoms. The maximum atomic E-state index is 4.94. The smallest absolute Gasteiger partial charge is 0.194 e. The maximum Gasteiger partial charge on any atom is 0.194 e. The minimum Gasteiger partial charge on any atom is -0.364 e. The van der Waals surface area contributed by atoms with E-state index in [0.717, 1.165) is 69.8 Å². The van der Waals surface area contributed by atoms with Crippen LogP contribution in [0.4, 0.5) is 5.82 Å². The summed E-state index contributed by atoms with van der Waals surface area (Å²) in [6, 6.07) is 6.25. The highest BCUT2D eigenvalue weighted by molar-refractivity contribution is 14.0. The number of hydrogen-bond donors (Lipinski definition) is 1. The summed E-state index contributed by atoms with van der Waals surface area (Å²) < 4.78 is 4.94. The Labute approximate surface area is 202 Å². The van der Waals surface area contributed by atoms with Gasteiger partial charge in [0.1, 0.15) is 12.1 Å². The van der Waals surface area contributed by atoms with Crippen molar-refractivity contribution >= 4 is 35.8 Å². The Hall–Kier alpha value is -1.88. The Morgan fingerprint density at radius 1 is 1.06 bits per heavy atom. The lowest BCUT2D eigenvalue weighted by Crippen LogP contribution is -2.52. The van der Waals surface area contributed by atoms with Gasteiger partial charge in [0.25, 0.3) is 0 Å². The Kier molecular flexibility index (Phi) is 9.38. The molecule has 0 radical (unpaired) electrons. The molecule has 0 unspecified atom stereocenters. The van der Waals surface area contributed by atoms with E-state index in [4.69, 9.17) is 4.52 Å². The van der Waals surface area contributed by atoms with E-state index in [-0.39, 0.29) is 24.0 Å². The van der Waals surface area contributed by atoms with Gasteiger partial charge in [0, 0.05) is 71.7 Å². The molecular weight excluding hydrogens is 505 g/mol. The lowest BCUT2D eigenvalue weighted by Gasteiger charge is -2.36. The van der Waals surface area contributed by atoms with E-state index in [1.165, 1.54) is 31.2 Å². The maximum absolute atomic E-state index is 4.94. The molecule has 2 aliphatic heterocycles. The third kappa shape index (κ3) is 6.80. The number of nitrogens with one attached hydrogen (secondary N) is 1. The molecule has 2 saturated heterocycles. The molecule has 4 heterocycles. The lowest BCUT2D eigenvalue weighted by atomic mass is 10.2. The fraction of sp³-hybridized carbons (Fsp3) is 0.591. The van der Waals surface area contributed by atoms with E-state index in [0.29, 0.717) is 0 Å². The summed E-state index contributed by atoms with van der Waals surface area (Å²) in [4.78, 5) is 16.3. The summed E-state index contributed by atoms with van der Waals surface area (Å²) in [5.41, 5.74) is 2.24. The first kappa shape index (κ1) is 23.8. The first-order chi connectivity index (χ1) is 14.8. The van der Waals surface area contributed by atoms with Crippen LogP contribution in [0.3, 0.4) is 0 Å². The fourth-order valence-corrected chi connectivity index (χ4v) is 4.22. The first-order valence-electron chi connectivity index (χ1n) is 11.1. The average molecular weight is 539 g/mol. The van der Waals surface area contributed by atoms with Gasteiger partial charge >= 0.3 is 0 Å². The van der Waals surface area contributed by atoms with Crippen molar-refractivity contribution in [3.8, 4) is 0 Å². The molecule has 0 bridgehead atoms. The highest BCUT2D eigenvalue weighted by Gasteiger charge is 2.20. The molecule has 2 aromatic rings. The normalized spacial score (nSPS) is 18.4. The number of halogens is 1. The molecule has 8 nitrogen and oxygen atoms in total. The zero-order chi connectivity index (χ0) is 20.6. The van der Waals surface area contributed by atoms with Crippen LogP contribution in [-0.2, 0) is 13.1 Å². The van der Waals surface area contributed by atoms with Crippen molar-refractivity contribution in [1.29, 1.82) is 0 Å². The second kappa shape index (κ2) is 12.2. The van der Waals surface area contributed by atoms with E-state index < -0.39 is 0 Å². The number of hydrogen-bond acceptors (Lipinski definition) is 6. The molecule has 0 aliphatic carbocycles. The van der Waals surface area contributed by atoms with Crippen molar-refractivity contribution < 1.29 is 4.52 Å². The van der Waals surface area contributed by atoms with Crippen LogP contribution < -0.4 is 10.2 Å². The van der Waals surface area contributed by atoms with E-state index >= 15 is 0 Å². The molecule has 170 valence electrons. The van der Waals surface area contributed by atoms with E-state index in [1.807, 2.05) is 19.3 Å². The van der Waals surface area contributed by atoms with Crippen molar-refractivity contribution in [2.24, 2.45) is 4.99 Å². The Balaban J connectivity index is 0.00000272. The summed E-state index contributed by atoms with van der Waals surface area (Å²) in [6.07, 6.45) is 8.76. The average Bonchev–Trinajstić information content (AvgIpc) is 3.14. The largest absolute Gasteiger partial charge is 0.364 e. The summed E-state index contributed by atoms with van der Waals surface area (Å²) in [7, 11) is 1.86. The summed E-state index contributed by atoms with van der Waals surface area (Å²) in [5, 5.41) is 7.56. The molecule has 4 rings (SSSR count). The third-order valence-corrected chi connectivity index (χ3v) is 5.95. The fourth-order valence-electron chi connectivity index (χ4n) is 4.22. The van der Waals surface area contributed by atoms with Crippen molar-refractivity contribution in [3.63, 3.8) is 0 Å². The monoisotopic (exact) mass is 539 g/mol. The predicted molar refractivity (Wildman–Crippen MR) is 134 cm³/mol. The summed E-state index contributed by atoms with van der Waals surface area (Å²) in [5.74, 6) is 2.07. The topological polar surface area (TPSA) is 73.0 Å². The molecule has 2 aliphatic rings. The van der Waals surface area contributed by atoms with Crippen molar-refractivity contribution in [1.82, 2.24) is 25.3 Å². The zero-order valence-electron chi connectivity index (χ0n) is 18.4. The second-order valence-electron chi connectivity index (χ2n) is 8.08. The van der Waals surface area contributed by atoms with Crippen molar-refractivity contribution in [2.45, 2.75) is 38.8 Å². The summed E-state index contributed by atoms with van der Waals surface area (Å²) >= 11 is 0. The number of pyridine rings is 1. The van der Waals surface area contributed by atoms with Gasteiger partial charge in [-0.25, -0.2) is 4.98 Å². The molecule has 0 aromatic carbocycles. The number of anilines is 1. The van der Waals surface area contributed by atoms with Gasteiger partial charge in [0.05, 0.1) is 5.69 Å². The SMILES string of the molecule is CN=C(NCc1ccnc(N2CCCCCC2)c1)N1CCN(Cc2ccon2)CC1.I. The number of aliphatic imine (C=N–C) groups is 1. The first-order valence-corrected chi connectivity index (χ1v) is 11.1.